The molecule has 11 heteroatoms. The Hall–Kier alpha value is -4.68. The van der Waals surface area contributed by atoms with E-state index in [1.165, 1.54) is 0 Å². The lowest BCUT2D eigenvalue weighted by atomic mass is 10.0. The van der Waals surface area contributed by atoms with Crippen LogP contribution in [0.5, 0.6) is 0 Å². The molecule has 3 atom stereocenters. The van der Waals surface area contributed by atoms with E-state index in [4.69, 9.17) is 15.2 Å². The third-order valence-corrected chi connectivity index (χ3v) is 8.81. The number of rotatable bonds is 13. The molecule has 0 unspecified atom stereocenters. The highest BCUT2D eigenvalue weighted by Crippen LogP contribution is 2.39. The summed E-state index contributed by atoms with van der Waals surface area (Å²) in [7, 11) is 0. The molecule has 2 amide bonds. The van der Waals surface area contributed by atoms with Crippen LogP contribution in [-0.4, -0.2) is 39.9 Å². The Bertz CT molecular complexity index is 1660. The van der Waals surface area contributed by atoms with Crippen molar-refractivity contribution < 1.29 is 34.1 Å². The van der Waals surface area contributed by atoms with E-state index >= 15 is 0 Å². The summed E-state index contributed by atoms with van der Waals surface area (Å²) in [6.07, 6.45) is 0.285. The highest BCUT2D eigenvalue weighted by molar-refractivity contribution is 7.99. The third-order valence-electron chi connectivity index (χ3n) is 7.66. The van der Waals surface area contributed by atoms with E-state index in [1.54, 1.807) is 72.4 Å². The number of carbonyl (C=O) groups is 3. The standard InChI is InChI=1S/C36H37N3O7S/c37-30-4-1-2-5-31(30)39-34(42)7-3-6-33(41)38-27-16-12-26(13-17-27)36-45-28(22-47-29-18-14-25(15-19-29)35(43)44)20-32(46-36)24-10-8-23(21-40)9-11-24/h1-2,4-5,8-19,28,32,36,40H,3,6-7,20-22,37H2,(H,38,41)(H,39,42)(H,43,44)/t28-,32+,36+/m1/s1. The Morgan fingerprint density at radius 3 is 2.13 bits per heavy atom. The van der Waals surface area contributed by atoms with Gasteiger partial charge in [-0.3, -0.25) is 9.59 Å². The van der Waals surface area contributed by atoms with Crippen molar-refractivity contribution in [3.63, 3.8) is 0 Å². The fourth-order valence-corrected chi connectivity index (χ4v) is 6.01. The van der Waals surface area contributed by atoms with Crippen LogP contribution in [-0.2, 0) is 25.7 Å². The maximum Gasteiger partial charge on any atom is 0.335 e. The number of aromatic carboxylic acids is 1. The number of benzene rings is 4. The summed E-state index contributed by atoms with van der Waals surface area (Å²) in [5.41, 5.74) is 10.3. The van der Waals surface area contributed by atoms with Gasteiger partial charge in [-0.25, -0.2) is 4.79 Å². The van der Waals surface area contributed by atoms with Crippen LogP contribution < -0.4 is 16.4 Å². The van der Waals surface area contributed by atoms with Crippen LogP contribution in [0.3, 0.4) is 0 Å². The van der Waals surface area contributed by atoms with Crippen molar-refractivity contribution in [2.24, 2.45) is 0 Å². The lowest BCUT2D eigenvalue weighted by molar-refractivity contribution is -0.245. The summed E-state index contributed by atoms with van der Waals surface area (Å²) in [6.45, 7) is -0.0422. The zero-order valence-corrected chi connectivity index (χ0v) is 26.5. The smallest absolute Gasteiger partial charge is 0.335 e. The van der Waals surface area contributed by atoms with Crippen molar-refractivity contribution in [1.29, 1.82) is 0 Å². The summed E-state index contributed by atoms with van der Waals surface area (Å²) < 4.78 is 12.8. The van der Waals surface area contributed by atoms with Crippen LogP contribution in [0.15, 0.2) is 102 Å². The summed E-state index contributed by atoms with van der Waals surface area (Å²) in [5.74, 6) is -0.743. The second kappa shape index (κ2) is 16.2. The maximum absolute atomic E-state index is 12.6. The van der Waals surface area contributed by atoms with Gasteiger partial charge in [0.05, 0.1) is 35.8 Å². The van der Waals surface area contributed by atoms with Crippen LogP contribution in [0, 0.1) is 0 Å². The average Bonchev–Trinajstić information content (AvgIpc) is 3.09. The molecule has 5 rings (SSSR count). The molecule has 6 N–H and O–H groups in total. The Morgan fingerprint density at radius 2 is 1.47 bits per heavy atom. The second-order valence-electron chi connectivity index (χ2n) is 11.1. The van der Waals surface area contributed by atoms with Gasteiger partial charge in [-0.1, -0.05) is 48.5 Å². The van der Waals surface area contributed by atoms with Crippen LogP contribution >= 0.6 is 11.8 Å². The van der Waals surface area contributed by atoms with E-state index in [9.17, 15) is 24.6 Å². The van der Waals surface area contributed by atoms with Gasteiger partial charge >= 0.3 is 5.97 Å². The number of aliphatic hydroxyl groups is 1. The van der Waals surface area contributed by atoms with Gasteiger partial charge in [-0.05, 0) is 66.1 Å². The van der Waals surface area contributed by atoms with Crippen LogP contribution in [0.2, 0.25) is 0 Å². The summed E-state index contributed by atoms with van der Waals surface area (Å²) >= 11 is 1.58. The predicted molar refractivity (Wildman–Crippen MR) is 181 cm³/mol. The quantitative estimate of drug-likeness (QED) is 0.0795. The molecule has 1 heterocycles. The van der Waals surface area contributed by atoms with Crippen molar-refractivity contribution in [1.82, 2.24) is 0 Å². The molecule has 244 valence electrons. The van der Waals surface area contributed by atoms with Gasteiger partial charge < -0.3 is 36.1 Å². The van der Waals surface area contributed by atoms with E-state index < -0.39 is 12.3 Å². The van der Waals surface area contributed by atoms with Crippen LogP contribution in [0.4, 0.5) is 17.1 Å². The molecular weight excluding hydrogens is 618 g/mol. The number of amides is 2. The van der Waals surface area contributed by atoms with Gasteiger partial charge in [-0.2, -0.15) is 0 Å². The van der Waals surface area contributed by atoms with Crippen LogP contribution in [0.25, 0.3) is 0 Å². The summed E-state index contributed by atoms with van der Waals surface area (Å²) in [4.78, 5) is 37.0. The normalized spacial score (nSPS) is 17.5. The van der Waals surface area contributed by atoms with Crippen molar-refractivity contribution in [2.45, 2.75) is 55.7 Å². The highest BCUT2D eigenvalue weighted by Gasteiger charge is 2.32. The minimum Gasteiger partial charge on any atom is -0.478 e. The number of carboxylic acids is 1. The number of nitrogen functional groups attached to an aromatic ring is 1. The number of hydrogen-bond donors (Lipinski definition) is 5. The third kappa shape index (κ3) is 9.66. The number of carboxylic acid groups (broad SMARTS) is 1. The first-order valence-electron chi connectivity index (χ1n) is 15.3. The van der Waals surface area contributed by atoms with Crippen LogP contribution in [0.1, 0.15) is 65.1 Å². The van der Waals surface area contributed by atoms with Gasteiger partial charge in [0.1, 0.15) is 0 Å². The van der Waals surface area contributed by atoms with Gasteiger partial charge in [0.2, 0.25) is 11.8 Å². The Labute approximate surface area is 277 Å². The average molecular weight is 656 g/mol. The Kier molecular flexibility index (Phi) is 11.6. The van der Waals surface area contributed by atoms with E-state index in [-0.39, 0.29) is 49.0 Å². The second-order valence-corrected chi connectivity index (χ2v) is 12.2. The largest absolute Gasteiger partial charge is 0.478 e. The highest BCUT2D eigenvalue weighted by atomic mass is 32.2. The first-order chi connectivity index (χ1) is 22.8. The number of aliphatic hydroxyl groups excluding tert-OH is 1. The molecule has 0 spiro atoms. The molecule has 4 aromatic rings. The first-order valence-corrected chi connectivity index (χ1v) is 16.3. The molecule has 1 saturated heterocycles. The molecule has 10 nitrogen and oxygen atoms in total. The predicted octanol–water partition coefficient (Wildman–Crippen LogP) is 6.54. The fraction of sp³-hybridized carbons (Fsp3) is 0.250. The molecule has 1 fully saturated rings. The van der Waals surface area contributed by atoms with Crippen molar-refractivity contribution in [3.8, 4) is 0 Å². The number of ether oxygens (including phenoxy) is 2. The number of anilines is 3. The van der Waals surface area contributed by atoms with Gasteiger partial charge in [0, 0.05) is 41.2 Å². The van der Waals surface area contributed by atoms with Gasteiger partial charge in [0.25, 0.3) is 0 Å². The number of nitrogens with one attached hydrogen (secondary N) is 2. The molecule has 0 bridgehead atoms. The molecule has 0 saturated carbocycles. The number of nitrogens with two attached hydrogens (primary N) is 1. The lowest BCUT2D eigenvalue weighted by Gasteiger charge is -2.36. The number of thioether (sulfide) groups is 1. The van der Waals surface area contributed by atoms with E-state index in [2.05, 4.69) is 10.6 Å². The topological polar surface area (TPSA) is 160 Å². The molecule has 1 aliphatic heterocycles. The maximum atomic E-state index is 12.6. The number of hydrogen-bond acceptors (Lipinski definition) is 8. The van der Waals surface area contributed by atoms with Gasteiger partial charge in [0.15, 0.2) is 6.29 Å². The molecule has 0 aliphatic carbocycles. The zero-order valence-electron chi connectivity index (χ0n) is 25.6. The Balaban J connectivity index is 1.17. The molecule has 0 aromatic heterocycles. The molecule has 1 aliphatic rings. The van der Waals surface area contributed by atoms with E-state index in [0.29, 0.717) is 35.7 Å². The van der Waals surface area contributed by atoms with Crippen molar-refractivity contribution >= 4 is 46.6 Å². The molecule has 47 heavy (non-hydrogen) atoms. The SMILES string of the molecule is Nc1ccccc1NC(=O)CCCC(=O)Nc1ccc([C@H]2O[C@@H](CSc3ccc(C(=O)O)cc3)C[C@@H](c3ccc(CO)cc3)O2)cc1. The minimum atomic E-state index is -0.965. The number of carbonyl (C=O) groups excluding carboxylic acids is 2. The molecule has 0 radical (unpaired) electrons. The van der Waals surface area contributed by atoms with Crippen molar-refractivity contribution in [2.75, 3.05) is 22.1 Å². The Morgan fingerprint density at radius 1 is 0.809 bits per heavy atom. The molecule has 4 aromatic carbocycles. The van der Waals surface area contributed by atoms with Gasteiger partial charge in [-0.15, -0.1) is 11.8 Å². The lowest BCUT2D eigenvalue weighted by Crippen LogP contribution is -2.31. The monoisotopic (exact) mass is 655 g/mol. The first kappa shape index (κ1) is 33.7. The summed E-state index contributed by atoms with van der Waals surface area (Å²) in [6, 6.07) is 28.7. The minimum absolute atomic E-state index is 0.0422. The summed E-state index contributed by atoms with van der Waals surface area (Å²) in [5, 5.41) is 24.3. The van der Waals surface area contributed by atoms with E-state index in [1.807, 2.05) is 36.4 Å². The number of para-hydroxylation sites is 2. The van der Waals surface area contributed by atoms with E-state index in [0.717, 1.165) is 21.6 Å². The molecular formula is C36H37N3O7S. The van der Waals surface area contributed by atoms with Crippen molar-refractivity contribution in [3.05, 3.63) is 119 Å². The zero-order chi connectivity index (χ0) is 33.2. The fourth-order valence-electron chi connectivity index (χ4n) is 5.09.